The van der Waals surface area contributed by atoms with Crippen molar-refractivity contribution in [3.63, 3.8) is 0 Å². The lowest BCUT2D eigenvalue weighted by Gasteiger charge is -2.37. The summed E-state index contributed by atoms with van der Waals surface area (Å²) in [7, 11) is 0. The highest BCUT2D eigenvalue weighted by molar-refractivity contribution is 7.80. The number of nitrogens with zero attached hydrogens (tertiary/aromatic N) is 1. The molecule has 0 aromatic heterocycles. The minimum Gasteiger partial charge on any atom is -0.380 e. The Morgan fingerprint density at radius 1 is 1.29 bits per heavy atom. The Hall–Kier alpha value is -1.59. The Kier molecular flexibility index (Phi) is 4.12. The van der Waals surface area contributed by atoms with E-state index in [0.717, 1.165) is 24.7 Å². The number of benzene rings is 1. The molecule has 4 nitrogen and oxygen atoms in total. The number of hydrogen-bond donors (Lipinski definition) is 3. The molecule has 2 aliphatic heterocycles. The molecule has 0 aliphatic carbocycles. The fraction of sp³-hybridized carbons (Fsp3) is 0.438. The molecule has 0 saturated carbocycles. The van der Waals surface area contributed by atoms with E-state index in [9.17, 15) is 0 Å². The van der Waals surface area contributed by atoms with Gasteiger partial charge in [0.1, 0.15) is 0 Å². The molecule has 0 unspecified atom stereocenters. The number of hydrogen-bond acceptors (Lipinski definition) is 3. The van der Waals surface area contributed by atoms with Gasteiger partial charge in [0.15, 0.2) is 5.11 Å². The van der Waals surface area contributed by atoms with E-state index in [1.165, 1.54) is 16.8 Å². The van der Waals surface area contributed by atoms with Gasteiger partial charge in [-0.25, -0.2) is 0 Å². The maximum atomic E-state index is 5.54. The smallest absolute Gasteiger partial charge is 0.173 e. The summed E-state index contributed by atoms with van der Waals surface area (Å²) in [5, 5.41) is 11.0. The molecular weight excluding hydrogens is 280 g/mol. The standard InChI is InChI=1S/C16H22N4S/c1-11-9-20(10-12(2)19-11)16(21)18-8-13-7-17-15-6-4-3-5-14(13)15/h3-6,8,11-12,17,19H,7,9-10H2,1-2H3,(H,18,21)/b13-8-/t11-,12+. The zero-order valence-corrected chi connectivity index (χ0v) is 13.3. The van der Waals surface area contributed by atoms with Crippen molar-refractivity contribution in [2.24, 2.45) is 0 Å². The topological polar surface area (TPSA) is 39.3 Å². The van der Waals surface area contributed by atoms with Gasteiger partial charge < -0.3 is 20.9 Å². The second-order valence-electron chi connectivity index (χ2n) is 5.89. The summed E-state index contributed by atoms with van der Waals surface area (Å²) in [6.45, 7) is 7.15. The molecule has 0 amide bonds. The average Bonchev–Trinajstić information content (AvgIpc) is 2.87. The molecule has 3 rings (SSSR count). The van der Waals surface area contributed by atoms with Crippen molar-refractivity contribution in [3.05, 3.63) is 36.0 Å². The van der Waals surface area contributed by atoms with Crippen LogP contribution in [0, 0.1) is 0 Å². The van der Waals surface area contributed by atoms with E-state index in [2.05, 4.69) is 59.0 Å². The average molecular weight is 302 g/mol. The molecule has 112 valence electrons. The number of para-hydroxylation sites is 1. The van der Waals surface area contributed by atoms with E-state index in [-0.39, 0.29) is 0 Å². The highest BCUT2D eigenvalue weighted by atomic mass is 32.1. The molecule has 0 spiro atoms. The summed E-state index contributed by atoms with van der Waals surface area (Å²) in [6.07, 6.45) is 2.04. The first-order chi connectivity index (χ1) is 10.1. The Morgan fingerprint density at radius 2 is 2.00 bits per heavy atom. The van der Waals surface area contributed by atoms with Crippen LogP contribution in [0.15, 0.2) is 30.5 Å². The Bertz CT molecular complexity index is 559. The molecule has 3 N–H and O–H groups in total. The van der Waals surface area contributed by atoms with Gasteiger partial charge in [-0.1, -0.05) is 18.2 Å². The fourth-order valence-electron chi connectivity index (χ4n) is 3.06. The summed E-state index contributed by atoms with van der Waals surface area (Å²) >= 11 is 5.54. The molecule has 2 aliphatic rings. The maximum Gasteiger partial charge on any atom is 0.173 e. The van der Waals surface area contributed by atoms with Crippen LogP contribution < -0.4 is 16.0 Å². The lowest BCUT2D eigenvalue weighted by Crippen LogP contribution is -2.57. The predicted octanol–water partition coefficient (Wildman–Crippen LogP) is 2.01. The van der Waals surface area contributed by atoms with Gasteiger partial charge in [0.05, 0.1) is 0 Å². The number of fused-ring (bicyclic) bond motifs is 1. The molecule has 1 aromatic carbocycles. The summed E-state index contributed by atoms with van der Waals surface area (Å²) in [4.78, 5) is 2.24. The molecule has 2 atom stereocenters. The molecular formula is C16H22N4S. The predicted molar refractivity (Wildman–Crippen MR) is 92.3 cm³/mol. The number of nitrogens with one attached hydrogen (secondary N) is 3. The lowest BCUT2D eigenvalue weighted by molar-refractivity contribution is 0.254. The van der Waals surface area contributed by atoms with Crippen LogP contribution in [0.5, 0.6) is 0 Å². The van der Waals surface area contributed by atoms with E-state index >= 15 is 0 Å². The number of rotatable bonds is 1. The zero-order chi connectivity index (χ0) is 14.8. The summed E-state index contributed by atoms with van der Waals surface area (Å²) in [5.41, 5.74) is 3.71. The monoisotopic (exact) mass is 302 g/mol. The van der Waals surface area contributed by atoms with Crippen molar-refractivity contribution in [1.29, 1.82) is 0 Å². The quantitative estimate of drug-likeness (QED) is 0.692. The third-order valence-corrected chi connectivity index (χ3v) is 4.33. The number of anilines is 1. The van der Waals surface area contributed by atoms with Crippen LogP contribution in [0.1, 0.15) is 19.4 Å². The first kappa shape index (κ1) is 14.4. The van der Waals surface area contributed by atoms with Gasteiger partial charge in [0, 0.05) is 49.2 Å². The van der Waals surface area contributed by atoms with Crippen molar-refractivity contribution >= 4 is 28.6 Å². The van der Waals surface area contributed by atoms with Crippen molar-refractivity contribution in [3.8, 4) is 0 Å². The Labute approximate surface area is 131 Å². The van der Waals surface area contributed by atoms with Crippen molar-refractivity contribution < 1.29 is 0 Å². The third kappa shape index (κ3) is 3.19. The maximum absolute atomic E-state index is 5.54. The van der Waals surface area contributed by atoms with Crippen LogP contribution in [0.2, 0.25) is 0 Å². The van der Waals surface area contributed by atoms with Crippen molar-refractivity contribution in [2.45, 2.75) is 25.9 Å². The molecule has 5 heteroatoms. The normalized spacial score (nSPS) is 26.4. The van der Waals surface area contributed by atoms with Gasteiger partial charge in [-0.2, -0.15) is 0 Å². The third-order valence-electron chi connectivity index (χ3n) is 3.96. The molecule has 0 bridgehead atoms. The fourth-order valence-corrected chi connectivity index (χ4v) is 3.27. The van der Waals surface area contributed by atoms with E-state index in [4.69, 9.17) is 12.2 Å². The zero-order valence-electron chi connectivity index (χ0n) is 12.5. The SMILES string of the molecule is C[C@@H]1CN(C(=S)N/C=C2/CNc3ccccc32)C[C@H](C)N1. The van der Waals surface area contributed by atoms with Crippen LogP contribution in [-0.2, 0) is 0 Å². The summed E-state index contributed by atoms with van der Waals surface area (Å²) in [6, 6.07) is 9.30. The van der Waals surface area contributed by atoms with E-state index in [0.29, 0.717) is 12.1 Å². The van der Waals surface area contributed by atoms with Crippen LogP contribution in [0.25, 0.3) is 5.57 Å². The first-order valence-corrected chi connectivity index (χ1v) is 7.88. The van der Waals surface area contributed by atoms with Gasteiger partial charge in [0.25, 0.3) is 0 Å². The van der Waals surface area contributed by atoms with Gasteiger partial charge in [-0.05, 0) is 37.7 Å². The molecule has 21 heavy (non-hydrogen) atoms. The van der Waals surface area contributed by atoms with Gasteiger partial charge in [-0.3, -0.25) is 0 Å². The van der Waals surface area contributed by atoms with Crippen molar-refractivity contribution in [1.82, 2.24) is 15.5 Å². The Balaban J connectivity index is 1.65. The highest BCUT2D eigenvalue weighted by Gasteiger charge is 2.22. The molecule has 0 radical (unpaired) electrons. The van der Waals surface area contributed by atoms with E-state index in [1.54, 1.807) is 0 Å². The summed E-state index contributed by atoms with van der Waals surface area (Å²) < 4.78 is 0. The van der Waals surface area contributed by atoms with Crippen LogP contribution in [-0.4, -0.2) is 41.7 Å². The van der Waals surface area contributed by atoms with Crippen molar-refractivity contribution in [2.75, 3.05) is 25.0 Å². The summed E-state index contributed by atoms with van der Waals surface area (Å²) in [5.74, 6) is 0. The Morgan fingerprint density at radius 3 is 2.76 bits per heavy atom. The minimum atomic E-state index is 0.468. The molecule has 1 fully saturated rings. The van der Waals surface area contributed by atoms with E-state index in [1.807, 2.05) is 6.20 Å². The largest absolute Gasteiger partial charge is 0.380 e. The lowest BCUT2D eigenvalue weighted by atomic mass is 10.1. The number of thiocarbonyl (C=S) groups is 1. The second kappa shape index (κ2) is 6.03. The number of piperazine rings is 1. The van der Waals surface area contributed by atoms with Gasteiger partial charge in [-0.15, -0.1) is 0 Å². The second-order valence-corrected chi connectivity index (χ2v) is 6.28. The molecule has 1 aromatic rings. The van der Waals surface area contributed by atoms with Gasteiger partial charge in [0.2, 0.25) is 0 Å². The molecule has 2 heterocycles. The van der Waals surface area contributed by atoms with Crippen LogP contribution in [0.3, 0.4) is 0 Å². The molecule has 1 saturated heterocycles. The van der Waals surface area contributed by atoms with Crippen LogP contribution in [0.4, 0.5) is 5.69 Å². The van der Waals surface area contributed by atoms with Gasteiger partial charge >= 0.3 is 0 Å². The first-order valence-electron chi connectivity index (χ1n) is 7.47. The van der Waals surface area contributed by atoms with E-state index < -0.39 is 0 Å². The van der Waals surface area contributed by atoms with Crippen LogP contribution >= 0.6 is 12.2 Å². The minimum absolute atomic E-state index is 0.468. The highest BCUT2D eigenvalue weighted by Crippen LogP contribution is 2.29.